The molecule has 0 aromatic carbocycles. The number of anilines is 1. The molecule has 1 saturated heterocycles. The van der Waals surface area contributed by atoms with Gasteiger partial charge in [-0.1, -0.05) is 23.2 Å². The minimum absolute atomic E-state index is 0.0284. The number of nitrogens with one attached hydrogen (secondary N) is 2. The zero-order valence-corrected chi connectivity index (χ0v) is 11.8. The monoisotopic (exact) mass is 289 g/mol. The molecule has 0 aliphatic carbocycles. The van der Waals surface area contributed by atoms with Crippen LogP contribution >= 0.6 is 23.2 Å². The molecule has 1 atom stereocenters. The summed E-state index contributed by atoms with van der Waals surface area (Å²) in [6.45, 7) is 2.42. The van der Waals surface area contributed by atoms with Crippen molar-refractivity contribution in [2.45, 2.75) is 18.4 Å². The Balaban J connectivity index is 2.01. The van der Waals surface area contributed by atoms with E-state index in [1.807, 2.05) is 0 Å². The predicted molar refractivity (Wildman–Crippen MR) is 74.6 cm³/mol. The third-order valence-corrected chi connectivity index (χ3v) is 3.65. The van der Waals surface area contributed by atoms with Gasteiger partial charge in [0.1, 0.15) is 5.82 Å². The quantitative estimate of drug-likeness (QED) is 0.875. The molecule has 4 nitrogen and oxygen atoms in total. The van der Waals surface area contributed by atoms with Gasteiger partial charge in [0.05, 0.1) is 22.2 Å². The molecular weight excluding hydrogens is 273 g/mol. The van der Waals surface area contributed by atoms with Crippen molar-refractivity contribution >= 4 is 29.0 Å². The van der Waals surface area contributed by atoms with Crippen molar-refractivity contribution in [3.63, 3.8) is 0 Å². The summed E-state index contributed by atoms with van der Waals surface area (Å²) in [4.78, 5) is 4.19. The van der Waals surface area contributed by atoms with Gasteiger partial charge in [0.2, 0.25) is 0 Å². The van der Waals surface area contributed by atoms with Gasteiger partial charge in [-0.2, -0.15) is 0 Å². The molecule has 2 rings (SSSR count). The Morgan fingerprint density at radius 2 is 2.39 bits per heavy atom. The molecule has 100 valence electrons. The molecule has 2 N–H and O–H groups in total. The van der Waals surface area contributed by atoms with Crippen molar-refractivity contribution in [2.24, 2.45) is 0 Å². The molecule has 1 aromatic heterocycles. The molecule has 1 fully saturated rings. The summed E-state index contributed by atoms with van der Waals surface area (Å²) in [5, 5.41) is 7.82. The molecule has 0 saturated carbocycles. The number of rotatable bonds is 5. The molecule has 0 amide bonds. The van der Waals surface area contributed by atoms with E-state index in [4.69, 9.17) is 27.9 Å². The molecule has 1 aliphatic rings. The zero-order valence-electron chi connectivity index (χ0n) is 10.3. The summed E-state index contributed by atoms with van der Waals surface area (Å²) in [5.74, 6) is 0.658. The van der Waals surface area contributed by atoms with E-state index in [2.05, 4.69) is 15.6 Å². The maximum Gasteiger partial charge on any atom is 0.144 e. The van der Waals surface area contributed by atoms with Crippen LogP contribution in [0.5, 0.6) is 0 Å². The van der Waals surface area contributed by atoms with Crippen LogP contribution < -0.4 is 10.6 Å². The van der Waals surface area contributed by atoms with Gasteiger partial charge < -0.3 is 15.4 Å². The average molecular weight is 290 g/mol. The van der Waals surface area contributed by atoms with Crippen LogP contribution in [0.15, 0.2) is 12.3 Å². The van der Waals surface area contributed by atoms with Gasteiger partial charge in [-0.25, -0.2) is 4.98 Å². The molecule has 6 heteroatoms. The predicted octanol–water partition coefficient (Wildman–Crippen LogP) is 2.57. The molecule has 18 heavy (non-hydrogen) atoms. The number of aromatic nitrogens is 1. The third kappa shape index (κ3) is 3.26. The van der Waals surface area contributed by atoms with Gasteiger partial charge in [-0.15, -0.1) is 0 Å². The SMILES string of the molecule is COCC1(CNc2ncc(Cl)cc2Cl)CCCN1. The fourth-order valence-corrected chi connectivity index (χ4v) is 2.71. The molecule has 0 bridgehead atoms. The average Bonchev–Trinajstić information content (AvgIpc) is 2.77. The second-order valence-electron chi connectivity index (χ2n) is 4.58. The van der Waals surface area contributed by atoms with Gasteiger partial charge >= 0.3 is 0 Å². The first-order valence-electron chi connectivity index (χ1n) is 5.94. The summed E-state index contributed by atoms with van der Waals surface area (Å²) < 4.78 is 5.29. The Bertz CT molecular complexity index is 408. The van der Waals surface area contributed by atoms with Crippen LogP contribution in [0.4, 0.5) is 5.82 Å². The Kier molecular flexibility index (Phi) is 4.67. The molecule has 1 unspecified atom stereocenters. The number of halogens is 2. The fraction of sp³-hybridized carbons (Fsp3) is 0.583. The largest absolute Gasteiger partial charge is 0.383 e. The lowest BCUT2D eigenvalue weighted by Gasteiger charge is -2.29. The topological polar surface area (TPSA) is 46.2 Å². The number of methoxy groups -OCH3 is 1. The van der Waals surface area contributed by atoms with Crippen molar-refractivity contribution < 1.29 is 4.74 Å². The van der Waals surface area contributed by atoms with Crippen molar-refractivity contribution in [2.75, 3.05) is 32.1 Å². The minimum Gasteiger partial charge on any atom is -0.383 e. The lowest BCUT2D eigenvalue weighted by atomic mass is 9.99. The van der Waals surface area contributed by atoms with Crippen LogP contribution in [0.25, 0.3) is 0 Å². The van der Waals surface area contributed by atoms with Crippen molar-refractivity contribution in [1.29, 1.82) is 0 Å². The summed E-state index contributed by atoms with van der Waals surface area (Å²) in [5.41, 5.74) is -0.0284. The number of nitrogens with zero attached hydrogens (tertiary/aromatic N) is 1. The van der Waals surface area contributed by atoms with Gasteiger partial charge in [-0.05, 0) is 25.5 Å². The normalized spacial score (nSPS) is 23.3. The number of hydrogen-bond acceptors (Lipinski definition) is 4. The highest BCUT2D eigenvalue weighted by Crippen LogP contribution is 2.25. The highest BCUT2D eigenvalue weighted by atomic mass is 35.5. The Morgan fingerprint density at radius 3 is 3.00 bits per heavy atom. The van der Waals surface area contributed by atoms with Gasteiger partial charge in [-0.3, -0.25) is 0 Å². The van der Waals surface area contributed by atoms with Crippen LogP contribution in [-0.4, -0.2) is 37.3 Å². The van der Waals surface area contributed by atoms with Gasteiger partial charge in [0.25, 0.3) is 0 Å². The molecule has 0 radical (unpaired) electrons. The summed E-state index contributed by atoms with van der Waals surface area (Å²) >= 11 is 11.9. The highest BCUT2D eigenvalue weighted by molar-refractivity contribution is 6.35. The number of pyridine rings is 1. The Morgan fingerprint density at radius 1 is 1.56 bits per heavy atom. The number of hydrogen-bond donors (Lipinski definition) is 2. The van der Waals surface area contributed by atoms with E-state index in [9.17, 15) is 0 Å². The van der Waals surface area contributed by atoms with Crippen LogP contribution in [0, 0.1) is 0 Å². The van der Waals surface area contributed by atoms with E-state index < -0.39 is 0 Å². The molecule has 1 aromatic rings. The highest BCUT2D eigenvalue weighted by Gasteiger charge is 2.33. The van der Waals surface area contributed by atoms with Crippen molar-refractivity contribution in [3.05, 3.63) is 22.3 Å². The molecule has 0 spiro atoms. The fourth-order valence-electron chi connectivity index (χ4n) is 2.27. The summed E-state index contributed by atoms with van der Waals surface area (Å²) in [7, 11) is 1.72. The van der Waals surface area contributed by atoms with Crippen LogP contribution in [0.2, 0.25) is 10.0 Å². The maximum atomic E-state index is 6.08. The second-order valence-corrected chi connectivity index (χ2v) is 5.42. The van der Waals surface area contributed by atoms with Crippen LogP contribution in [-0.2, 0) is 4.74 Å². The van der Waals surface area contributed by atoms with E-state index in [0.717, 1.165) is 25.9 Å². The molecular formula is C12H17Cl2N3O. The summed E-state index contributed by atoms with van der Waals surface area (Å²) in [6.07, 6.45) is 3.83. The lowest BCUT2D eigenvalue weighted by molar-refractivity contribution is 0.127. The maximum absolute atomic E-state index is 6.08. The molecule has 1 aliphatic heterocycles. The lowest BCUT2D eigenvalue weighted by Crippen LogP contribution is -2.49. The van der Waals surface area contributed by atoms with Crippen LogP contribution in [0.1, 0.15) is 12.8 Å². The van der Waals surface area contributed by atoms with Gasteiger partial charge in [0.15, 0.2) is 0 Å². The van der Waals surface area contributed by atoms with E-state index in [-0.39, 0.29) is 5.54 Å². The number of ether oxygens (including phenoxy) is 1. The van der Waals surface area contributed by atoms with Crippen molar-refractivity contribution in [3.8, 4) is 0 Å². The Hall–Kier alpha value is -0.550. The Labute approximate surface area is 117 Å². The van der Waals surface area contributed by atoms with Crippen molar-refractivity contribution in [1.82, 2.24) is 10.3 Å². The van der Waals surface area contributed by atoms with Gasteiger partial charge in [0, 0.05) is 19.9 Å². The van der Waals surface area contributed by atoms with E-state index in [1.54, 1.807) is 19.4 Å². The first-order valence-corrected chi connectivity index (χ1v) is 6.70. The zero-order chi connectivity index (χ0) is 13.0. The second kappa shape index (κ2) is 6.06. The van der Waals surface area contributed by atoms with E-state index in [0.29, 0.717) is 22.5 Å². The minimum atomic E-state index is -0.0284. The van der Waals surface area contributed by atoms with Crippen LogP contribution in [0.3, 0.4) is 0 Å². The standard InChI is InChI=1S/C12H17Cl2N3O/c1-18-8-12(3-2-4-17-12)7-16-11-10(14)5-9(13)6-15-11/h5-6,17H,2-4,7-8H2,1H3,(H,15,16). The van der Waals surface area contributed by atoms with E-state index in [1.165, 1.54) is 0 Å². The third-order valence-electron chi connectivity index (χ3n) is 3.15. The first kappa shape index (κ1) is 13.9. The first-order chi connectivity index (χ1) is 8.65. The van der Waals surface area contributed by atoms with E-state index >= 15 is 0 Å². The summed E-state index contributed by atoms with van der Waals surface area (Å²) in [6, 6.07) is 1.68. The molecule has 2 heterocycles. The smallest absolute Gasteiger partial charge is 0.144 e.